The number of carbonyl (C=O) groups is 2. The number of hydrogen-bond acceptors (Lipinski definition) is 5. The minimum absolute atomic E-state index is 0.0236. The summed E-state index contributed by atoms with van der Waals surface area (Å²) in [7, 11) is 1.37. The summed E-state index contributed by atoms with van der Waals surface area (Å²) in [5.41, 5.74) is 0.212. The predicted molar refractivity (Wildman–Crippen MR) is 82.8 cm³/mol. The molecule has 0 aliphatic carbocycles. The third kappa shape index (κ3) is 4.41. The van der Waals surface area contributed by atoms with Crippen molar-refractivity contribution < 1.29 is 24.4 Å². The molecule has 0 aliphatic rings. The second-order valence-electron chi connectivity index (χ2n) is 5.32. The first-order chi connectivity index (χ1) is 10.7. The van der Waals surface area contributed by atoms with E-state index < -0.39 is 16.8 Å². The van der Waals surface area contributed by atoms with Gasteiger partial charge in [-0.25, -0.2) is 0 Å². The van der Waals surface area contributed by atoms with Crippen LogP contribution in [0.4, 0.5) is 5.69 Å². The number of aliphatic carboxylic acids is 1. The number of rotatable bonds is 7. The average Bonchev–Trinajstić information content (AvgIpc) is 2.46. The van der Waals surface area contributed by atoms with Gasteiger partial charge < -0.3 is 14.7 Å². The van der Waals surface area contributed by atoms with E-state index >= 15 is 0 Å². The Morgan fingerprint density at radius 1 is 1.39 bits per heavy atom. The molecular weight excluding hydrogens is 304 g/mol. The van der Waals surface area contributed by atoms with Gasteiger partial charge in [-0.15, -0.1) is 0 Å². The van der Waals surface area contributed by atoms with Crippen LogP contribution in [0.3, 0.4) is 0 Å². The van der Waals surface area contributed by atoms with Crippen LogP contribution >= 0.6 is 0 Å². The molecule has 1 aromatic rings. The van der Waals surface area contributed by atoms with Gasteiger partial charge in [0.1, 0.15) is 5.75 Å². The zero-order valence-electron chi connectivity index (χ0n) is 13.5. The van der Waals surface area contributed by atoms with Gasteiger partial charge in [0.15, 0.2) is 0 Å². The maximum atomic E-state index is 12.6. The molecule has 0 saturated heterocycles. The fraction of sp³-hybridized carbons (Fsp3) is 0.467. The second-order valence-corrected chi connectivity index (χ2v) is 5.32. The van der Waals surface area contributed by atoms with Crippen LogP contribution in [0, 0.1) is 17.0 Å². The molecule has 0 heterocycles. The highest BCUT2D eigenvalue weighted by atomic mass is 16.6. The molecule has 1 amide bonds. The number of hydrogen-bond donors (Lipinski definition) is 1. The Balaban J connectivity index is 3.26. The Bertz CT molecular complexity index is 627. The van der Waals surface area contributed by atoms with E-state index in [4.69, 9.17) is 9.84 Å². The maximum Gasteiger partial charge on any atom is 0.305 e. The lowest BCUT2D eigenvalue weighted by Gasteiger charge is -2.26. The van der Waals surface area contributed by atoms with Gasteiger partial charge in [0.2, 0.25) is 0 Å². The van der Waals surface area contributed by atoms with E-state index in [9.17, 15) is 19.7 Å². The molecule has 8 heteroatoms. The van der Waals surface area contributed by atoms with E-state index in [1.165, 1.54) is 31.1 Å². The Morgan fingerprint density at radius 2 is 2.00 bits per heavy atom. The summed E-state index contributed by atoms with van der Waals surface area (Å²) in [6.07, 6.45) is -0.199. The summed E-state index contributed by atoms with van der Waals surface area (Å²) in [6, 6.07) is 2.38. The standard InChI is InChI=1S/C15H20N2O6/c1-9(2)16(6-5-14(18)19)15(20)11-7-12(17(21)22)10(3)13(8-11)23-4/h7-9H,5-6H2,1-4H3,(H,18,19). The van der Waals surface area contributed by atoms with Crippen LogP contribution in [-0.2, 0) is 4.79 Å². The molecule has 23 heavy (non-hydrogen) atoms. The smallest absolute Gasteiger partial charge is 0.305 e. The van der Waals surface area contributed by atoms with Crippen molar-refractivity contribution in [2.75, 3.05) is 13.7 Å². The second kappa shape index (κ2) is 7.57. The molecule has 1 rings (SSSR count). The van der Waals surface area contributed by atoms with Crippen LogP contribution in [0.25, 0.3) is 0 Å². The van der Waals surface area contributed by atoms with Gasteiger partial charge in [0, 0.05) is 18.7 Å². The first-order valence-corrected chi connectivity index (χ1v) is 7.04. The Kier molecular flexibility index (Phi) is 6.06. The van der Waals surface area contributed by atoms with E-state index in [0.717, 1.165) is 0 Å². The van der Waals surface area contributed by atoms with E-state index in [2.05, 4.69) is 0 Å². The summed E-state index contributed by atoms with van der Waals surface area (Å²) >= 11 is 0. The third-order valence-corrected chi connectivity index (χ3v) is 3.45. The quantitative estimate of drug-likeness (QED) is 0.608. The monoisotopic (exact) mass is 324 g/mol. The maximum absolute atomic E-state index is 12.6. The van der Waals surface area contributed by atoms with Gasteiger partial charge in [-0.05, 0) is 26.8 Å². The highest BCUT2D eigenvalue weighted by Gasteiger charge is 2.24. The van der Waals surface area contributed by atoms with Gasteiger partial charge >= 0.3 is 5.97 Å². The molecule has 1 N–H and O–H groups in total. The van der Waals surface area contributed by atoms with Crippen molar-refractivity contribution in [3.63, 3.8) is 0 Å². The normalized spacial score (nSPS) is 10.5. The molecule has 0 radical (unpaired) electrons. The molecule has 126 valence electrons. The van der Waals surface area contributed by atoms with E-state index in [-0.39, 0.29) is 36.0 Å². The number of nitro groups is 1. The van der Waals surface area contributed by atoms with Crippen molar-refractivity contribution in [2.45, 2.75) is 33.2 Å². The largest absolute Gasteiger partial charge is 0.496 e. The number of carbonyl (C=O) groups excluding carboxylic acids is 1. The van der Waals surface area contributed by atoms with E-state index in [0.29, 0.717) is 5.56 Å². The van der Waals surface area contributed by atoms with Crippen LogP contribution in [-0.4, -0.2) is 46.5 Å². The lowest BCUT2D eigenvalue weighted by atomic mass is 10.1. The number of nitrogens with zero attached hydrogens (tertiary/aromatic N) is 2. The van der Waals surface area contributed by atoms with Crippen LogP contribution in [0.5, 0.6) is 5.75 Å². The number of benzene rings is 1. The number of nitro benzene ring substituents is 1. The SMILES string of the molecule is COc1cc(C(=O)N(CCC(=O)O)C(C)C)cc([N+](=O)[O-])c1C. The van der Waals surface area contributed by atoms with Gasteiger partial charge in [-0.2, -0.15) is 0 Å². The molecule has 8 nitrogen and oxygen atoms in total. The molecule has 0 aromatic heterocycles. The van der Waals surface area contributed by atoms with Gasteiger partial charge in [-0.3, -0.25) is 19.7 Å². The number of amides is 1. The first-order valence-electron chi connectivity index (χ1n) is 7.04. The summed E-state index contributed by atoms with van der Waals surface area (Å²) < 4.78 is 5.10. The lowest BCUT2D eigenvalue weighted by molar-refractivity contribution is -0.385. The molecule has 0 aliphatic heterocycles. The highest BCUT2D eigenvalue weighted by Crippen LogP contribution is 2.30. The summed E-state index contributed by atoms with van der Waals surface area (Å²) in [5.74, 6) is -1.25. The molecular formula is C15H20N2O6. The molecule has 0 fully saturated rings. The number of ether oxygens (including phenoxy) is 1. The van der Waals surface area contributed by atoms with Gasteiger partial charge in [0.05, 0.1) is 29.6 Å². The summed E-state index contributed by atoms with van der Waals surface area (Å²) in [5, 5.41) is 19.9. The Labute approximate surface area is 133 Å². The van der Waals surface area contributed by atoms with Gasteiger partial charge in [0.25, 0.3) is 11.6 Å². The van der Waals surface area contributed by atoms with E-state index in [1.54, 1.807) is 13.8 Å². The Morgan fingerprint density at radius 3 is 2.43 bits per heavy atom. The number of carboxylic acids is 1. The average molecular weight is 324 g/mol. The van der Waals surface area contributed by atoms with Crippen molar-refractivity contribution in [1.82, 2.24) is 4.90 Å². The highest BCUT2D eigenvalue weighted by molar-refractivity contribution is 5.96. The Hall–Kier alpha value is -2.64. The molecule has 0 unspecified atom stereocenters. The van der Waals surface area contributed by atoms with Crippen LogP contribution in [0.2, 0.25) is 0 Å². The predicted octanol–water partition coefficient (Wildman–Crippen LogP) is 2.24. The molecule has 0 saturated carbocycles. The fourth-order valence-electron chi connectivity index (χ4n) is 2.17. The molecule has 0 spiro atoms. The number of methoxy groups -OCH3 is 1. The zero-order chi connectivity index (χ0) is 17.7. The lowest BCUT2D eigenvalue weighted by Crippen LogP contribution is -2.38. The first kappa shape index (κ1) is 18.4. The van der Waals surface area contributed by atoms with Crippen molar-refractivity contribution in [3.05, 3.63) is 33.4 Å². The minimum Gasteiger partial charge on any atom is -0.496 e. The number of carboxylic acid groups (broad SMARTS) is 1. The van der Waals surface area contributed by atoms with Crippen molar-refractivity contribution in [1.29, 1.82) is 0 Å². The van der Waals surface area contributed by atoms with Crippen LogP contribution < -0.4 is 4.74 Å². The van der Waals surface area contributed by atoms with Crippen LogP contribution in [0.15, 0.2) is 12.1 Å². The summed E-state index contributed by atoms with van der Waals surface area (Å²) in [4.78, 5) is 35.3. The zero-order valence-corrected chi connectivity index (χ0v) is 13.5. The topological polar surface area (TPSA) is 110 Å². The third-order valence-electron chi connectivity index (χ3n) is 3.45. The minimum atomic E-state index is -1.02. The molecule has 0 bridgehead atoms. The van der Waals surface area contributed by atoms with Crippen molar-refractivity contribution >= 4 is 17.6 Å². The summed E-state index contributed by atoms with van der Waals surface area (Å²) in [6.45, 7) is 5.06. The van der Waals surface area contributed by atoms with Crippen LogP contribution in [0.1, 0.15) is 36.2 Å². The van der Waals surface area contributed by atoms with Gasteiger partial charge in [-0.1, -0.05) is 0 Å². The molecule has 1 aromatic carbocycles. The van der Waals surface area contributed by atoms with E-state index in [1.807, 2.05) is 0 Å². The molecule has 0 atom stereocenters. The fourth-order valence-corrected chi connectivity index (χ4v) is 2.17. The van der Waals surface area contributed by atoms with Crippen molar-refractivity contribution in [2.24, 2.45) is 0 Å². The van der Waals surface area contributed by atoms with Crippen molar-refractivity contribution in [3.8, 4) is 5.75 Å².